The van der Waals surface area contributed by atoms with Gasteiger partial charge in [0.05, 0.1) is 0 Å². The van der Waals surface area contributed by atoms with Gasteiger partial charge >= 0.3 is 16.5 Å². The molecule has 0 aliphatic heterocycles. The second-order valence-electron chi connectivity index (χ2n) is 18.5. The van der Waals surface area contributed by atoms with Gasteiger partial charge in [-0.1, -0.05) is 205 Å². The Kier molecular flexibility index (Phi) is 16.2. The van der Waals surface area contributed by atoms with Gasteiger partial charge in [-0.15, -0.1) is 11.4 Å². The maximum atomic E-state index is 10.9. The molecular formula is C48H68N2NiO2. The molecule has 53 heavy (non-hydrogen) atoms. The summed E-state index contributed by atoms with van der Waals surface area (Å²) in [7, 11) is 0. The molecule has 0 heterocycles. The standard InChI is InChI=1S/2C24H34NO.Ni/c2*1-8-9-12-17-13-10-11-14-20(17)25-21-16-18(23(2,3)4)15-19(22(21)26)24(5,6)7;/h2*10-11,13-16,26H,8-9,12H2,1-7H3;/q2*-1;+2. The van der Waals surface area contributed by atoms with Crippen LogP contribution in [0.4, 0.5) is 22.7 Å². The van der Waals surface area contributed by atoms with Crippen LogP contribution < -0.4 is 0 Å². The van der Waals surface area contributed by atoms with Crippen molar-refractivity contribution < 1.29 is 26.7 Å². The molecule has 2 N–H and O–H groups in total. The van der Waals surface area contributed by atoms with Crippen LogP contribution in [0.15, 0.2) is 72.8 Å². The number of phenolic OH excluding ortho intramolecular Hbond substituents is 2. The van der Waals surface area contributed by atoms with Gasteiger partial charge in [-0.05, 0) is 69.6 Å². The fraction of sp³-hybridized carbons (Fsp3) is 0.500. The fourth-order valence-corrected chi connectivity index (χ4v) is 6.07. The molecule has 0 bridgehead atoms. The summed E-state index contributed by atoms with van der Waals surface area (Å²) in [5.74, 6) is 0.603. The molecule has 0 aliphatic carbocycles. The zero-order valence-electron chi connectivity index (χ0n) is 35.3. The molecule has 4 aromatic rings. The van der Waals surface area contributed by atoms with Crippen molar-refractivity contribution in [1.82, 2.24) is 0 Å². The maximum Gasteiger partial charge on any atom is 2.00 e. The molecular weight excluding hydrogens is 695 g/mol. The summed E-state index contributed by atoms with van der Waals surface area (Å²) in [5.41, 5.74) is 9.77. The van der Waals surface area contributed by atoms with Crippen LogP contribution in [0.2, 0.25) is 0 Å². The van der Waals surface area contributed by atoms with Crippen LogP contribution in [-0.2, 0) is 51.0 Å². The summed E-state index contributed by atoms with van der Waals surface area (Å²) in [6.45, 7) is 30.4. The second kappa shape index (κ2) is 18.7. The zero-order chi connectivity index (χ0) is 39.1. The average Bonchev–Trinajstić information content (AvgIpc) is 3.04. The predicted molar refractivity (Wildman–Crippen MR) is 226 cm³/mol. The van der Waals surface area contributed by atoms with Gasteiger partial charge in [-0.2, -0.15) is 0 Å². The molecule has 0 atom stereocenters. The number of aryl methyl sites for hydroxylation is 2. The predicted octanol–water partition coefficient (Wildman–Crippen LogP) is 15.3. The fourth-order valence-electron chi connectivity index (χ4n) is 6.07. The Morgan fingerprint density at radius 1 is 0.453 bits per heavy atom. The number of aromatic hydroxyl groups is 2. The van der Waals surface area contributed by atoms with Crippen molar-refractivity contribution in [3.8, 4) is 11.5 Å². The first kappa shape index (κ1) is 45.7. The monoisotopic (exact) mass is 762 g/mol. The number of phenols is 2. The van der Waals surface area contributed by atoms with Crippen LogP contribution in [0, 0.1) is 0 Å². The first-order chi connectivity index (χ1) is 24.1. The second-order valence-corrected chi connectivity index (χ2v) is 18.5. The van der Waals surface area contributed by atoms with Crippen molar-refractivity contribution in [2.24, 2.45) is 0 Å². The summed E-state index contributed by atoms with van der Waals surface area (Å²) in [6, 6.07) is 24.9. The molecule has 0 unspecified atom stereocenters. The van der Waals surface area contributed by atoms with Crippen LogP contribution in [0.3, 0.4) is 0 Å². The Morgan fingerprint density at radius 3 is 1.06 bits per heavy atom. The Morgan fingerprint density at radius 2 is 0.774 bits per heavy atom. The van der Waals surface area contributed by atoms with E-state index in [2.05, 4.69) is 133 Å². The van der Waals surface area contributed by atoms with Crippen LogP contribution in [0.1, 0.15) is 156 Å². The van der Waals surface area contributed by atoms with Crippen LogP contribution in [-0.4, -0.2) is 10.2 Å². The van der Waals surface area contributed by atoms with E-state index < -0.39 is 0 Å². The molecule has 0 saturated carbocycles. The molecule has 0 saturated heterocycles. The summed E-state index contributed by atoms with van der Waals surface area (Å²) in [6.07, 6.45) is 6.64. The minimum absolute atomic E-state index is 0. The van der Waals surface area contributed by atoms with Crippen molar-refractivity contribution in [1.29, 1.82) is 0 Å². The normalized spacial score (nSPS) is 12.0. The summed E-state index contributed by atoms with van der Waals surface area (Å²) in [4.78, 5) is 0. The largest absolute Gasteiger partial charge is 2.00 e. The number of rotatable bonds is 10. The van der Waals surface area contributed by atoms with Crippen molar-refractivity contribution >= 4 is 22.7 Å². The van der Waals surface area contributed by atoms with E-state index in [1.165, 1.54) is 22.3 Å². The molecule has 4 nitrogen and oxygen atoms in total. The molecule has 4 aromatic carbocycles. The summed E-state index contributed by atoms with van der Waals surface area (Å²) >= 11 is 0. The number of nitrogens with zero attached hydrogens (tertiary/aromatic N) is 2. The molecule has 4 rings (SSSR count). The molecule has 292 valence electrons. The van der Waals surface area contributed by atoms with E-state index in [-0.39, 0.29) is 38.2 Å². The Labute approximate surface area is 333 Å². The number of para-hydroxylation sites is 2. The van der Waals surface area contributed by atoms with E-state index in [1.54, 1.807) is 0 Å². The molecule has 5 heteroatoms. The summed E-state index contributed by atoms with van der Waals surface area (Å²) < 4.78 is 0. The number of benzene rings is 4. The first-order valence-electron chi connectivity index (χ1n) is 19.4. The van der Waals surface area contributed by atoms with Gasteiger partial charge in [0.2, 0.25) is 0 Å². The van der Waals surface area contributed by atoms with Crippen LogP contribution >= 0.6 is 0 Å². The van der Waals surface area contributed by atoms with E-state index in [9.17, 15) is 10.2 Å². The van der Waals surface area contributed by atoms with E-state index in [1.807, 2.05) is 36.4 Å². The number of unbranched alkanes of at least 4 members (excludes halogenated alkanes) is 2. The Hall–Kier alpha value is -3.43. The van der Waals surface area contributed by atoms with Crippen molar-refractivity contribution in [3.05, 3.63) is 117 Å². The van der Waals surface area contributed by atoms with Gasteiger partial charge in [0.15, 0.2) is 0 Å². The van der Waals surface area contributed by atoms with Gasteiger partial charge in [0, 0.05) is 0 Å². The van der Waals surface area contributed by atoms with Crippen LogP contribution in [0.5, 0.6) is 11.5 Å². The topological polar surface area (TPSA) is 68.7 Å². The van der Waals surface area contributed by atoms with Gasteiger partial charge in [0.1, 0.15) is 11.5 Å². The smallest absolute Gasteiger partial charge is 0.655 e. The van der Waals surface area contributed by atoms with Gasteiger partial charge < -0.3 is 20.8 Å². The third-order valence-corrected chi connectivity index (χ3v) is 9.59. The van der Waals surface area contributed by atoms with Crippen molar-refractivity contribution in [3.63, 3.8) is 0 Å². The minimum Gasteiger partial charge on any atom is -0.655 e. The molecule has 0 spiro atoms. The van der Waals surface area contributed by atoms with E-state index in [0.717, 1.165) is 61.0 Å². The maximum absolute atomic E-state index is 10.9. The molecule has 0 aliphatic rings. The third kappa shape index (κ3) is 12.8. The number of hydrogen-bond donors (Lipinski definition) is 2. The first-order valence-corrected chi connectivity index (χ1v) is 19.4. The van der Waals surface area contributed by atoms with Crippen molar-refractivity contribution in [2.45, 2.75) is 157 Å². The van der Waals surface area contributed by atoms with Gasteiger partial charge in [-0.3, -0.25) is 0 Å². The Balaban J connectivity index is 0.000000360. The number of hydrogen-bond acceptors (Lipinski definition) is 2. The quantitative estimate of drug-likeness (QED) is 0.158. The third-order valence-electron chi connectivity index (χ3n) is 9.59. The summed E-state index contributed by atoms with van der Waals surface area (Å²) in [5, 5.41) is 31.7. The van der Waals surface area contributed by atoms with Gasteiger partial charge in [-0.25, -0.2) is 0 Å². The van der Waals surface area contributed by atoms with Crippen molar-refractivity contribution in [2.75, 3.05) is 0 Å². The molecule has 0 radical (unpaired) electrons. The SMILES string of the molecule is CCCCc1ccccc1[N-]c1cc(C(C)(C)C)cc(C(C)(C)C)c1O.CCCCc1ccccc1[N-]c1cc(C(C)(C)C)cc(C(C)(C)C)c1O.[Ni+2]. The van der Waals surface area contributed by atoms with Crippen LogP contribution in [0.25, 0.3) is 10.6 Å². The molecule has 0 amide bonds. The Bertz CT molecular complexity index is 1630. The van der Waals surface area contributed by atoms with Gasteiger partial charge in [0.25, 0.3) is 0 Å². The minimum atomic E-state index is -0.142. The molecule has 0 aromatic heterocycles. The van der Waals surface area contributed by atoms with E-state index in [0.29, 0.717) is 22.9 Å². The average molecular weight is 764 g/mol. The van der Waals surface area contributed by atoms with E-state index >= 15 is 0 Å². The molecule has 0 fully saturated rings. The zero-order valence-corrected chi connectivity index (χ0v) is 36.3. The van der Waals surface area contributed by atoms with E-state index in [4.69, 9.17) is 10.6 Å².